The molecule has 0 fully saturated rings. The summed E-state index contributed by atoms with van der Waals surface area (Å²) in [5.74, 6) is -2.46. The predicted molar refractivity (Wildman–Crippen MR) is 96.0 cm³/mol. The fourth-order valence-electron chi connectivity index (χ4n) is 2.28. The van der Waals surface area contributed by atoms with Crippen molar-refractivity contribution in [3.8, 4) is 0 Å². The summed E-state index contributed by atoms with van der Waals surface area (Å²) in [4.78, 5) is 33.0. The Morgan fingerprint density at radius 1 is 1.04 bits per heavy atom. The summed E-state index contributed by atoms with van der Waals surface area (Å²) in [5.41, 5.74) is 0. The maximum atomic E-state index is 11.9. The molecule has 1 unspecified atom stereocenters. The van der Waals surface area contributed by atoms with E-state index in [1.54, 1.807) is 6.08 Å². The number of allylic oxidation sites excluding steroid dienone is 3. The number of aliphatic carboxylic acids is 2. The summed E-state index contributed by atoms with van der Waals surface area (Å²) < 4.78 is 5.77. The summed E-state index contributed by atoms with van der Waals surface area (Å²) in [6, 6.07) is 0. The monoisotopic (exact) mass is 369 g/mol. The number of rotatable bonds is 14. The molecule has 0 aliphatic heterocycles. The van der Waals surface area contributed by atoms with Crippen LogP contribution in [-0.2, 0) is 19.1 Å². The molecule has 0 rings (SSSR count). The van der Waals surface area contributed by atoms with Crippen molar-refractivity contribution in [3.05, 3.63) is 24.3 Å². The zero-order chi connectivity index (χ0) is 20.0. The van der Waals surface area contributed by atoms with Crippen molar-refractivity contribution < 1.29 is 33.8 Å². The van der Waals surface area contributed by atoms with E-state index in [-0.39, 0.29) is 19.3 Å². The topological polar surface area (TPSA) is 104 Å². The third-order valence-corrected chi connectivity index (χ3v) is 3.32. The minimum atomic E-state index is -1.23. The van der Waals surface area contributed by atoms with Gasteiger partial charge < -0.3 is 24.2 Å². The zero-order valence-corrected chi connectivity index (χ0v) is 16.0. The van der Waals surface area contributed by atoms with Crippen LogP contribution < -0.4 is 5.11 Å². The first kappa shape index (κ1) is 23.9. The molecule has 0 radical (unpaired) electrons. The molecular weight excluding hydrogens is 338 g/mol. The van der Waals surface area contributed by atoms with E-state index in [2.05, 4.69) is 0 Å². The summed E-state index contributed by atoms with van der Waals surface area (Å²) in [6.45, 7) is 0.412. The van der Waals surface area contributed by atoms with Crippen LogP contribution in [0.15, 0.2) is 24.3 Å². The maximum absolute atomic E-state index is 11.9. The van der Waals surface area contributed by atoms with Crippen LogP contribution in [0.5, 0.6) is 0 Å². The molecule has 0 bridgehead atoms. The largest absolute Gasteiger partial charge is 0.550 e. The molecule has 0 aromatic heterocycles. The second-order valence-corrected chi connectivity index (χ2v) is 7.17. The number of likely N-dealkylation sites (N-methyl/N-ethyl adjacent to an activating group) is 1. The first-order valence-electron chi connectivity index (χ1n) is 8.81. The molecule has 148 valence electrons. The fraction of sp³-hybridized carbons (Fsp3) is 0.632. The minimum absolute atomic E-state index is 0.0405. The van der Waals surface area contributed by atoms with E-state index in [9.17, 15) is 19.5 Å². The Morgan fingerprint density at radius 3 is 2.15 bits per heavy atom. The molecular formula is C19H31NO6. The first-order valence-corrected chi connectivity index (χ1v) is 8.81. The molecule has 1 atom stereocenters. The Morgan fingerprint density at radius 2 is 1.62 bits per heavy atom. The van der Waals surface area contributed by atoms with Crippen LogP contribution in [0.1, 0.15) is 44.9 Å². The first-order chi connectivity index (χ1) is 12.1. The van der Waals surface area contributed by atoms with E-state index < -0.39 is 24.0 Å². The van der Waals surface area contributed by atoms with Crippen LogP contribution >= 0.6 is 0 Å². The highest BCUT2D eigenvalue weighted by atomic mass is 16.5. The SMILES string of the molecule is C[N+](C)(C)CC(CC(=O)[O-])OC(=O)CCC/C=C/CC/C=C/CC(=O)O. The Hall–Kier alpha value is -2.15. The van der Waals surface area contributed by atoms with Gasteiger partial charge in [0, 0.05) is 18.8 Å². The fourth-order valence-corrected chi connectivity index (χ4v) is 2.28. The van der Waals surface area contributed by atoms with Crippen molar-refractivity contribution in [2.24, 2.45) is 0 Å². The van der Waals surface area contributed by atoms with Gasteiger partial charge in [0.25, 0.3) is 0 Å². The van der Waals surface area contributed by atoms with Crippen LogP contribution in [0.3, 0.4) is 0 Å². The van der Waals surface area contributed by atoms with Gasteiger partial charge in [0.15, 0.2) is 6.10 Å². The summed E-state index contributed by atoms with van der Waals surface area (Å²) in [7, 11) is 5.70. The lowest BCUT2D eigenvalue weighted by atomic mass is 10.2. The van der Waals surface area contributed by atoms with Crippen LogP contribution in [0.25, 0.3) is 0 Å². The highest BCUT2D eigenvalue weighted by Crippen LogP contribution is 2.08. The van der Waals surface area contributed by atoms with Gasteiger partial charge in [-0.15, -0.1) is 0 Å². The number of nitrogens with zero attached hydrogens (tertiary/aromatic N) is 1. The molecule has 0 aromatic carbocycles. The second kappa shape index (κ2) is 13.1. The van der Waals surface area contributed by atoms with E-state index >= 15 is 0 Å². The quantitative estimate of drug-likeness (QED) is 0.214. The third kappa shape index (κ3) is 16.7. The lowest BCUT2D eigenvalue weighted by Gasteiger charge is -2.29. The van der Waals surface area contributed by atoms with Gasteiger partial charge in [0.05, 0.1) is 27.6 Å². The standard InChI is InChI=1S/C19H31NO6/c1-20(2,3)15-16(14-18(23)24)26-19(25)13-11-9-7-5-4-6-8-10-12-17(21)22/h5,7-8,10,16H,4,6,9,11-15H2,1-3H3,(H-,21,22,23,24)/b7-5+,10-8+. The van der Waals surface area contributed by atoms with Gasteiger partial charge in [-0.2, -0.15) is 0 Å². The average molecular weight is 369 g/mol. The summed E-state index contributed by atoms with van der Waals surface area (Å²) >= 11 is 0. The van der Waals surface area contributed by atoms with Gasteiger partial charge in [-0.05, 0) is 25.7 Å². The third-order valence-electron chi connectivity index (χ3n) is 3.32. The Kier molecular flexibility index (Phi) is 12.0. The van der Waals surface area contributed by atoms with Crippen molar-refractivity contribution in [1.82, 2.24) is 0 Å². The number of hydrogen-bond donors (Lipinski definition) is 1. The molecule has 0 saturated carbocycles. The maximum Gasteiger partial charge on any atom is 0.307 e. The normalized spacial score (nSPS) is 13.2. The molecule has 0 aliphatic rings. The molecule has 0 aliphatic carbocycles. The molecule has 0 spiro atoms. The lowest BCUT2D eigenvalue weighted by Crippen LogP contribution is -2.45. The van der Waals surface area contributed by atoms with Gasteiger partial charge >= 0.3 is 11.9 Å². The van der Waals surface area contributed by atoms with Gasteiger partial charge in [0.2, 0.25) is 0 Å². The van der Waals surface area contributed by atoms with E-state index in [0.717, 1.165) is 19.3 Å². The van der Waals surface area contributed by atoms with Crippen LogP contribution in [0.2, 0.25) is 0 Å². The molecule has 26 heavy (non-hydrogen) atoms. The molecule has 7 heteroatoms. The zero-order valence-electron chi connectivity index (χ0n) is 16.0. The summed E-state index contributed by atoms with van der Waals surface area (Å²) in [6.07, 6.45) is 9.70. The van der Waals surface area contributed by atoms with Crippen LogP contribution in [0.4, 0.5) is 0 Å². The number of ether oxygens (including phenoxy) is 1. The number of carbonyl (C=O) groups excluding carboxylic acids is 2. The van der Waals surface area contributed by atoms with E-state index in [1.807, 2.05) is 39.4 Å². The van der Waals surface area contributed by atoms with Crippen molar-refractivity contribution in [2.75, 3.05) is 27.7 Å². The molecule has 0 saturated heterocycles. The van der Waals surface area contributed by atoms with Crippen molar-refractivity contribution in [1.29, 1.82) is 0 Å². The predicted octanol–water partition coefficient (Wildman–Crippen LogP) is 1.28. The second-order valence-electron chi connectivity index (χ2n) is 7.17. The molecule has 7 nitrogen and oxygen atoms in total. The molecule has 0 aromatic rings. The number of hydrogen-bond acceptors (Lipinski definition) is 5. The van der Waals surface area contributed by atoms with Gasteiger partial charge in [0.1, 0.15) is 6.54 Å². The Bertz CT molecular complexity index is 505. The van der Waals surface area contributed by atoms with Crippen LogP contribution in [0, 0.1) is 0 Å². The van der Waals surface area contributed by atoms with E-state index in [1.165, 1.54) is 0 Å². The van der Waals surface area contributed by atoms with Crippen molar-refractivity contribution in [2.45, 2.75) is 51.0 Å². The molecule has 0 amide bonds. The number of carbonyl (C=O) groups is 3. The van der Waals surface area contributed by atoms with Gasteiger partial charge in [-0.3, -0.25) is 9.59 Å². The number of carboxylic acids is 2. The number of esters is 1. The van der Waals surface area contributed by atoms with Gasteiger partial charge in [-0.1, -0.05) is 24.3 Å². The molecule has 1 N–H and O–H groups in total. The highest BCUT2D eigenvalue weighted by molar-refractivity contribution is 5.71. The number of quaternary nitrogens is 1. The van der Waals surface area contributed by atoms with E-state index in [4.69, 9.17) is 9.84 Å². The average Bonchev–Trinajstić information content (AvgIpc) is 2.46. The van der Waals surface area contributed by atoms with Crippen molar-refractivity contribution in [3.63, 3.8) is 0 Å². The Labute approximate surface area is 155 Å². The van der Waals surface area contributed by atoms with Crippen molar-refractivity contribution >= 4 is 17.9 Å². The number of carboxylic acid groups (broad SMARTS) is 2. The number of unbranched alkanes of at least 4 members (excludes halogenated alkanes) is 2. The smallest absolute Gasteiger partial charge is 0.307 e. The minimum Gasteiger partial charge on any atom is -0.550 e. The van der Waals surface area contributed by atoms with Gasteiger partial charge in [-0.25, -0.2) is 0 Å². The lowest BCUT2D eigenvalue weighted by molar-refractivity contribution is -0.873. The van der Waals surface area contributed by atoms with Crippen LogP contribution in [-0.4, -0.2) is 61.3 Å². The highest BCUT2D eigenvalue weighted by Gasteiger charge is 2.22. The Balaban J connectivity index is 3.98. The molecule has 0 heterocycles. The van der Waals surface area contributed by atoms with E-state index in [0.29, 0.717) is 17.4 Å². The summed E-state index contributed by atoms with van der Waals surface area (Å²) in [5, 5.41) is 19.3.